The van der Waals surface area contributed by atoms with E-state index in [2.05, 4.69) is 5.92 Å². The summed E-state index contributed by atoms with van der Waals surface area (Å²) in [4.78, 5) is 13.2. The Morgan fingerprint density at radius 3 is 2.71 bits per heavy atom. The summed E-state index contributed by atoms with van der Waals surface area (Å²) in [5, 5.41) is 0. The van der Waals surface area contributed by atoms with Gasteiger partial charge < -0.3 is 15.4 Å². The molecular formula is C10H18N2O2. The second-order valence-corrected chi connectivity index (χ2v) is 3.27. The van der Waals surface area contributed by atoms with E-state index in [1.165, 1.54) is 0 Å². The van der Waals surface area contributed by atoms with Gasteiger partial charge in [0.05, 0.1) is 18.7 Å². The molecule has 0 fully saturated rings. The second kappa shape index (κ2) is 6.41. The standard InChI is InChI=1S/C10H18N2O2/c1-5-6-9(11)10(13)12(3)8(2)7-14-4/h1,8-9H,6-7,11H2,2-4H3. The summed E-state index contributed by atoms with van der Waals surface area (Å²) in [5.74, 6) is 2.22. The van der Waals surface area contributed by atoms with Crippen molar-refractivity contribution in [3.8, 4) is 12.3 Å². The van der Waals surface area contributed by atoms with E-state index in [-0.39, 0.29) is 18.4 Å². The molecule has 4 nitrogen and oxygen atoms in total. The van der Waals surface area contributed by atoms with Gasteiger partial charge in [0.2, 0.25) is 5.91 Å². The third-order valence-corrected chi connectivity index (χ3v) is 2.07. The Hall–Kier alpha value is -1.05. The van der Waals surface area contributed by atoms with Gasteiger partial charge in [-0.3, -0.25) is 4.79 Å². The number of terminal acetylenes is 1. The maximum absolute atomic E-state index is 11.6. The number of hydrogen-bond acceptors (Lipinski definition) is 3. The van der Waals surface area contributed by atoms with E-state index in [4.69, 9.17) is 16.9 Å². The first kappa shape index (κ1) is 12.9. The van der Waals surface area contributed by atoms with E-state index >= 15 is 0 Å². The average molecular weight is 198 g/mol. The molecule has 0 aromatic rings. The number of amides is 1. The smallest absolute Gasteiger partial charge is 0.240 e. The van der Waals surface area contributed by atoms with Gasteiger partial charge in [-0.1, -0.05) is 0 Å². The van der Waals surface area contributed by atoms with Crippen LogP contribution < -0.4 is 5.73 Å². The summed E-state index contributed by atoms with van der Waals surface area (Å²) in [5.41, 5.74) is 5.59. The highest BCUT2D eigenvalue weighted by Gasteiger charge is 2.20. The minimum absolute atomic E-state index is 0.0105. The number of ether oxygens (including phenoxy) is 1. The van der Waals surface area contributed by atoms with E-state index in [0.29, 0.717) is 6.61 Å². The zero-order chi connectivity index (χ0) is 11.1. The lowest BCUT2D eigenvalue weighted by molar-refractivity contribution is -0.133. The van der Waals surface area contributed by atoms with Crippen LogP contribution in [0.1, 0.15) is 13.3 Å². The first-order valence-electron chi connectivity index (χ1n) is 4.49. The molecule has 0 aliphatic rings. The van der Waals surface area contributed by atoms with Crippen LogP contribution in [0, 0.1) is 12.3 Å². The first-order chi connectivity index (χ1) is 6.54. The topological polar surface area (TPSA) is 55.6 Å². The lowest BCUT2D eigenvalue weighted by atomic mass is 10.2. The fraction of sp³-hybridized carbons (Fsp3) is 0.700. The van der Waals surface area contributed by atoms with Crippen molar-refractivity contribution >= 4 is 5.91 Å². The summed E-state index contributed by atoms with van der Waals surface area (Å²) in [7, 11) is 3.29. The molecule has 0 saturated carbocycles. The molecule has 80 valence electrons. The van der Waals surface area contributed by atoms with Crippen molar-refractivity contribution in [2.75, 3.05) is 20.8 Å². The van der Waals surface area contributed by atoms with Crippen molar-refractivity contribution in [3.05, 3.63) is 0 Å². The maximum Gasteiger partial charge on any atom is 0.240 e. The maximum atomic E-state index is 11.6. The van der Waals surface area contributed by atoms with Crippen LogP contribution >= 0.6 is 0 Å². The average Bonchev–Trinajstić information content (AvgIpc) is 2.16. The zero-order valence-corrected chi connectivity index (χ0v) is 8.99. The number of carbonyl (C=O) groups excluding carboxylic acids is 1. The Kier molecular flexibility index (Phi) is 5.93. The monoisotopic (exact) mass is 198 g/mol. The summed E-state index contributed by atoms with van der Waals surface area (Å²) in [6, 6.07) is -0.597. The fourth-order valence-electron chi connectivity index (χ4n) is 1.05. The highest BCUT2D eigenvalue weighted by Crippen LogP contribution is 2.00. The molecule has 0 aliphatic carbocycles. The molecule has 1 amide bonds. The highest BCUT2D eigenvalue weighted by atomic mass is 16.5. The number of rotatable bonds is 5. The molecule has 2 unspecified atom stereocenters. The molecule has 0 aromatic carbocycles. The van der Waals surface area contributed by atoms with Crippen LogP contribution in [0.2, 0.25) is 0 Å². The molecule has 0 saturated heterocycles. The molecule has 4 heteroatoms. The quantitative estimate of drug-likeness (QED) is 0.624. The summed E-state index contributed by atoms with van der Waals surface area (Å²) in [6.45, 7) is 2.38. The molecule has 0 heterocycles. The van der Waals surface area contributed by atoms with Crippen molar-refractivity contribution in [1.29, 1.82) is 0 Å². The molecule has 0 bridgehead atoms. The van der Waals surface area contributed by atoms with Gasteiger partial charge in [-0.05, 0) is 6.92 Å². The Balaban J connectivity index is 4.17. The van der Waals surface area contributed by atoms with Gasteiger partial charge in [-0.25, -0.2) is 0 Å². The minimum atomic E-state index is -0.607. The third kappa shape index (κ3) is 3.77. The largest absolute Gasteiger partial charge is 0.383 e. The molecule has 14 heavy (non-hydrogen) atoms. The van der Waals surface area contributed by atoms with Gasteiger partial charge in [0.1, 0.15) is 0 Å². The summed E-state index contributed by atoms with van der Waals surface area (Å²) < 4.78 is 4.94. The Morgan fingerprint density at radius 1 is 1.71 bits per heavy atom. The number of nitrogens with two attached hydrogens (primary N) is 1. The Morgan fingerprint density at radius 2 is 2.29 bits per heavy atom. The fourth-order valence-corrected chi connectivity index (χ4v) is 1.05. The number of likely N-dealkylation sites (N-methyl/N-ethyl adjacent to an activating group) is 1. The van der Waals surface area contributed by atoms with Gasteiger partial charge in [0.25, 0.3) is 0 Å². The van der Waals surface area contributed by atoms with Crippen LogP contribution in [0.15, 0.2) is 0 Å². The number of methoxy groups -OCH3 is 1. The Labute approximate surface area is 85.4 Å². The number of hydrogen-bond donors (Lipinski definition) is 1. The molecule has 0 spiro atoms. The molecule has 0 aromatic heterocycles. The summed E-state index contributed by atoms with van der Waals surface area (Å²) in [6.07, 6.45) is 5.34. The molecule has 2 N–H and O–H groups in total. The SMILES string of the molecule is C#CCC(N)C(=O)N(C)C(C)COC. The molecular weight excluding hydrogens is 180 g/mol. The van der Waals surface area contributed by atoms with Crippen molar-refractivity contribution in [1.82, 2.24) is 4.90 Å². The van der Waals surface area contributed by atoms with E-state index in [1.54, 1.807) is 19.1 Å². The lowest BCUT2D eigenvalue weighted by Gasteiger charge is -2.26. The molecule has 0 aliphatic heterocycles. The minimum Gasteiger partial charge on any atom is -0.383 e. The van der Waals surface area contributed by atoms with Crippen molar-refractivity contribution in [2.45, 2.75) is 25.4 Å². The van der Waals surface area contributed by atoms with Crippen LogP contribution in [-0.4, -0.2) is 43.7 Å². The predicted molar refractivity (Wildman–Crippen MR) is 55.5 cm³/mol. The van der Waals surface area contributed by atoms with Crippen molar-refractivity contribution < 1.29 is 9.53 Å². The van der Waals surface area contributed by atoms with Gasteiger partial charge in [-0.15, -0.1) is 12.3 Å². The lowest BCUT2D eigenvalue weighted by Crippen LogP contribution is -2.46. The molecule has 0 radical (unpaired) electrons. The van der Waals surface area contributed by atoms with E-state index in [1.807, 2.05) is 6.92 Å². The van der Waals surface area contributed by atoms with E-state index in [0.717, 1.165) is 0 Å². The van der Waals surface area contributed by atoms with Gasteiger partial charge in [0.15, 0.2) is 0 Å². The van der Waals surface area contributed by atoms with Gasteiger partial charge >= 0.3 is 0 Å². The van der Waals surface area contributed by atoms with Crippen LogP contribution in [0.3, 0.4) is 0 Å². The van der Waals surface area contributed by atoms with Gasteiger partial charge in [-0.2, -0.15) is 0 Å². The second-order valence-electron chi connectivity index (χ2n) is 3.27. The van der Waals surface area contributed by atoms with Crippen molar-refractivity contribution in [2.24, 2.45) is 5.73 Å². The van der Waals surface area contributed by atoms with Crippen LogP contribution in [0.25, 0.3) is 0 Å². The molecule has 2 atom stereocenters. The van der Waals surface area contributed by atoms with E-state index in [9.17, 15) is 4.79 Å². The van der Waals surface area contributed by atoms with Crippen molar-refractivity contribution in [3.63, 3.8) is 0 Å². The first-order valence-corrected chi connectivity index (χ1v) is 4.49. The van der Waals surface area contributed by atoms with Gasteiger partial charge in [0, 0.05) is 20.6 Å². The van der Waals surface area contributed by atoms with E-state index < -0.39 is 6.04 Å². The van der Waals surface area contributed by atoms with Crippen LogP contribution in [0.4, 0.5) is 0 Å². The highest BCUT2D eigenvalue weighted by molar-refractivity contribution is 5.82. The third-order valence-electron chi connectivity index (χ3n) is 2.07. The number of nitrogens with zero attached hydrogens (tertiary/aromatic N) is 1. The Bertz CT molecular complexity index is 223. The van der Waals surface area contributed by atoms with Crippen LogP contribution in [-0.2, 0) is 9.53 Å². The zero-order valence-electron chi connectivity index (χ0n) is 8.99. The normalized spacial score (nSPS) is 14.2. The number of carbonyl (C=O) groups is 1. The van der Waals surface area contributed by atoms with Crippen LogP contribution in [0.5, 0.6) is 0 Å². The molecule has 0 rings (SSSR count). The predicted octanol–water partition coefficient (Wildman–Crippen LogP) is -0.170. The summed E-state index contributed by atoms with van der Waals surface area (Å²) >= 11 is 0.